The van der Waals surface area contributed by atoms with Gasteiger partial charge in [0.2, 0.25) is 0 Å². The van der Waals surface area contributed by atoms with E-state index < -0.39 is 5.41 Å². The van der Waals surface area contributed by atoms with Gasteiger partial charge in [-0.15, -0.1) is 0 Å². The fraction of sp³-hybridized carbons (Fsp3) is 0.412. The first-order valence-corrected chi connectivity index (χ1v) is 7.35. The number of methoxy groups -OCH3 is 1. The first-order chi connectivity index (χ1) is 10.6. The number of carbonyl (C=O) groups is 1. The molecule has 0 saturated carbocycles. The van der Waals surface area contributed by atoms with E-state index in [0.717, 1.165) is 36.9 Å². The number of nitrogens with one attached hydrogen (secondary N) is 1. The molecule has 5 heteroatoms. The van der Waals surface area contributed by atoms with Gasteiger partial charge in [0, 0.05) is 12.3 Å². The van der Waals surface area contributed by atoms with Crippen molar-refractivity contribution in [1.82, 2.24) is 5.32 Å². The van der Waals surface area contributed by atoms with Crippen LogP contribution in [0, 0.1) is 11.3 Å². The van der Waals surface area contributed by atoms with Gasteiger partial charge in [0.25, 0.3) is 0 Å². The third-order valence-electron chi connectivity index (χ3n) is 4.40. The van der Waals surface area contributed by atoms with E-state index in [0.29, 0.717) is 17.1 Å². The van der Waals surface area contributed by atoms with E-state index >= 15 is 0 Å². The van der Waals surface area contributed by atoms with Gasteiger partial charge in [0.05, 0.1) is 18.6 Å². The molecule has 0 radical (unpaired) electrons. The number of carbonyl (C=O) groups excluding carboxylic acids is 1. The summed E-state index contributed by atoms with van der Waals surface area (Å²) >= 11 is 0. The Morgan fingerprint density at radius 3 is 2.73 bits per heavy atom. The van der Waals surface area contributed by atoms with Crippen molar-refractivity contribution >= 4 is 16.8 Å². The number of hydrogen-bond acceptors (Lipinski definition) is 5. The van der Waals surface area contributed by atoms with Crippen LogP contribution in [0.4, 0.5) is 0 Å². The second kappa shape index (κ2) is 5.47. The summed E-state index contributed by atoms with van der Waals surface area (Å²) in [6.45, 7) is 3.07. The molecule has 1 aliphatic heterocycles. The lowest BCUT2D eigenvalue weighted by atomic mass is 9.73. The van der Waals surface area contributed by atoms with Crippen LogP contribution in [0.25, 0.3) is 11.0 Å². The molecule has 0 unspecified atom stereocenters. The summed E-state index contributed by atoms with van der Waals surface area (Å²) in [5.74, 6) is 0.733. The van der Waals surface area contributed by atoms with Crippen LogP contribution in [0.15, 0.2) is 22.6 Å². The number of piperidine rings is 1. The molecule has 114 valence electrons. The maximum Gasteiger partial charge on any atom is 0.194 e. The molecule has 0 aliphatic carbocycles. The lowest BCUT2D eigenvalue weighted by molar-refractivity contribution is 0.0989. The minimum atomic E-state index is -0.548. The van der Waals surface area contributed by atoms with Crippen LogP contribution in [-0.4, -0.2) is 26.0 Å². The van der Waals surface area contributed by atoms with Crippen molar-refractivity contribution in [2.75, 3.05) is 20.2 Å². The Hall–Kier alpha value is -2.32. The second-order valence-corrected chi connectivity index (χ2v) is 5.67. The van der Waals surface area contributed by atoms with E-state index in [1.807, 2.05) is 12.1 Å². The molecule has 0 bridgehead atoms. The molecule has 1 aliphatic rings. The third kappa shape index (κ3) is 2.16. The Labute approximate surface area is 128 Å². The van der Waals surface area contributed by atoms with Crippen LogP contribution in [-0.2, 0) is 5.41 Å². The normalized spacial score (nSPS) is 17.1. The van der Waals surface area contributed by atoms with Crippen molar-refractivity contribution in [2.24, 2.45) is 0 Å². The quantitative estimate of drug-likeness (QED) is 0.882. The van der Waals surface area contributed by atoms with Gasteiger partial charge in [0.15, 0.2) is 22.9 Å². The summed E-state index contributed by atoms with van der Waals surface area (Å²) in [5, 5.41) is 13.9. The van der Waals surface area contributed by atoms with Gasteiger partial charge in [-0.1, -0.05) is 6.07 Å². The monoisotopic (exact) mass is 298 g/mol. The predicted octanol–water partition coefficient (Wildman–Crippen LogP) is 2.79. The Kier molecular flexibility index (Phi) is 3.63. The zero-order valence-corrected chi connectivity index (χ0v) is 12.7. The number of nitriles is 1. The first-order valence-electron chi connectivity index (χ1n) is 7.35. The van der Waals surface area contributed by atoms with Crippen molar-refractivity contribution in [3.05, 3.63) is 29.5 Å². The highest BCUT2D eigenvalue weighted by molar-refractivity contribution is 5.98. The van der Waals surface area contributed by atoms with Crippen molar-refractivity contribution < 1.29 is 13.9 Å². The topological polar surface area (TPSA) is 75.3 Å². The van der Waals surface area contributed by atoms with Crippen LogP contribution in [0.5, 0.6) is 5.75 Å². The van der Waals surface area contributed by atoms with Gasteiger partial charge in [-0.2, -0.15) is 5.26 Å². The molecule has 2 aromatic rings. The van der Waals surface area contributed by atoms with Crippen LogP contribution in [0.2, 0.25) is 0 Å². The largest absolute Gasteiger partial charge is 0.493 e. The van der Waals surface area contributed by atoms with Gasteiger partial charge in [-0.05, 0) is 43.6 Å². The van der Waals surface area contributed by atoms with Crippen molar-refractivity contribution in [3.63, 3.8) is 0 Å². The van der Waals surface area contributed by atoms with Crippen LogP contribution >= 0.6 is 0 Å². The summed E-state index contributed by atoms with van der Waals surface area (Å²) in [4.78, 5) is 11.6. The average molecular weight is 298 g/mol. The van der Waals surface area contributed by atoms with Gasteiger partial charge < -0.3 is 14.5 Å². The molecule has 1 aromatic carbocycles. The number of rotatable bonds is 3. The fourth-order valence-electron chi connectivity index (χ4n) is 3.15. The molecule has 1 aromatic heterocycles. The molecular formula is C17H18N2O3. The number of Topliss-reactive ketones (excluding diaryl/α,β-unsaturated/α-hetero) is 1. The van der Waals surface area contributed by atoms with Gasteiger partial charge in [-0.25, -0.2) is 0 Å². The smallest absolute Gasteiger partial charge is 0.194 e. The standard InChI is InChI=1S/C17H18N2O3/c1-11(20)15-9-12-13(3-4-14(21-2)16(12)22-15)17(10-18)5-7-19-8-6-17/h3-4,9,19H,5-8H2,1-2H3. The summed E-state index contributed by atoms with van der Waals surface area (Å²) in [6, 6.07) is 7.96. The highest BCUT2D eigenvalue weighted by atomic mass is 16.5. The van der Waals surface area contributed by atoms with Crippen molar-refractivity contribution in [1.29, 1.82) is 5.26 Å². The molecular weight excluding hydrogens is 280 g/mol. The van der Waals surface area contributed by atoms with E-state index in [1.54, 1.807) is 13.2 Å². The lowest BCUT2D eigenvalue weighted by Gasteiger charge is -2.32. The molecule has 0 spiro atoms. The number of furan rings is 1. The summed E-state index contributed by atoms with van der Waals surface area (Å²) < 4.78 is 11.0. The Bertz CT molecular complexity index is 764. The molecule has 1 N–H and O–H groups in total. The number of fused-ring (bicyclic) bond motifs is 1. The summed E-state index contributed by atoms with van der Waals surface area (Å²) in [5.41, 5.74) is 0.912. The number of ketones is 1. The molecule has 1 saturated heterocycles. The van der Waals surface area contributed by atoms with E-state index in [4.69, 9.17) is 9.15 Å². The summed E-state index contributed by atoms with van der Waals surface area (Å²) in [6.07, 6.45) is 1.48. The van der Waals surface area contributed by atoms with E-state index in [-0.39, 0.29) is 5.78 Å². The minimum absolute atomic E-state index is 0.138. The molecule has 0 amide bonds. The maximum absolute atomic E-state index is 11.6. The molecule has 0 atom stereocenters. The number of ether oxygens (including phenoxy) is 1. The van der Waals surface area contributed by atoms with E-state index in [9.17, 15) is 10.1 Å². The van der Waals surface area contributed by atoms with E-state index in [1.165, 1.54) is 6.92 Å². The Balaban J connectivity index is 2.26. The zero-order chi connectivity index (χ0) is 15.7. The number of nitrogens with zero attached hydrogens (tertiary/aromatic N) is 1. The second-order valence-electron chi connectivity index (χ2n) is 5.67. The maximum atomic E-state index is 11.6. The first kappa shape index (κ1) is 14.6. The molecule has 5 nitrogen and oxygen atoms in total. The molecule has 2 heterocycles. The summed E-state index contributed by atoms with van der Waals surface area (Å²) in [7, 11) is 1.56. The molecule has 3 rings (SSSR count). The van der Waals surface area contributed by atoms with Gasteiger partial charge in [-0.3, -0.25) is 4.79 Å². The van der Waals surface area contributed by atoms with Gasteiger partial charge >= 0.3 is 0 Å². The minimum Gasteiger partial charge on any atom is -0.493 e. The van der Waals surface area contributed by atoms with Crippen LogP contribution < -0.4 is 10.1 Å². The van der Waals surface area contributed by atoms with Crippen molar-refractivity contribution in [3.8, 4) is 11.8 Å². The highest BCUT2D eigenvalue weighted by Gasteiger charge is 2.36. The number of hydrogen-bond donors (Lipinski definition) is 1. The predicted molar refractivity (Wildman–Crippen MR) is 82.2 cm³/mol. The average Bonchev–Trinajstić information content (AvgIpc) is 3.00. The Morgan fingerprint density at radius 2 is 2.14 bits per heavy atom. The number of benzene rings is 1. The fourth-order valence-corrected chi connectivity index (χ4v) is 3.15. The van der Waals surface area contributed by atoms with Crippen LogP contribution in [0.1, 0.15) is 35.9 Å². The lowest BCUT2D eigenvalue weighted by Crippen LogP contribution is -2.38. The van der Waals surface area contributed by atoms with Gasteiger partial charge in [0.1, 0.15) is 0 Å². The van der Waals surface area contributed by atoms with E-state index in [2.05, 4.69) is 11.4 Å². The Morgan fingerprint density at radius 1 is 1.41 bits per heavy atom. The third-order valence-corrected chi connectivity index (χ3v) is 4.40. The SMILES string of the molecule is COc1ccc(C2(C#N)CCNCC2)c2cc(C(C)=O)oc12. The van der Waals surface area contributed by atoms with Crippen molar-refractivity contribution in [2.45, 2.75) is 25.2 Å². The molecule has 1 fully saturated rings. The zero-order valence-electron chi connectivity index (χ0n) is 12.7. The highest BCUT2D eigenvalue weighted by Crippen LogP contribution is 2.41. The van der Waals surface area contributed by atoms with Crippen LogP contribution in [0.3, 0.4) is 0 Å². The molecule has 22 heavy (non-hydrogen) atoms.